The maximum absolute atomic E-state index is 15.0. The fourth-order valence-electron chi connectivity index (χ4n) is 6.44. The number of carbonyl (C=O) groups is 1. The Labute approximate surface area is 190 Å². The van der Waals surface area contributed by atoms with Gasteiger partial charge in [0.1, 0.15) is 11.6 Å². The van der Waals surface area contributed by atoms with Crippen molar-refractivity contribution in [3.8, 4) is 11.1 Å². The lowest BCUT2D eigenvalue weighted by molar-refractivity contribution is -0.126. The molecule has 2 aliphatic carbocycles. The van der Waals surface area contributed by atoms with E-state index in [1.165, 1.54) is 24.1 Å². The Balaban J connectivity index is 1.10. The topological polar surface area (TPSA) is 41.1 Å². The van der Waals surface area contributed by atoms with E-state index in [1.54, 1.807) is 6.07 Å². The molecule has 32 heavy (non-hydrogen) atoms. The van der Waals surface area contributed by atoms with Gasteiger partial charge in [-0.25, -0.2) is 4.39 Å². The van der Waals surface area contributed by atoms with Crippen molar-refractivity contribution < 1.29 is 9.18 Å². The summed E-state index contributed by atoms with van der Waals surface area (Å²) in [4.78, 5) is 12.3. The predicted octanol–water partition coefficient (Wildman–Crippen LogP) is 5.52. The summed E-state index contributed by atoms with van der Waals surface area (Å²) in [5.41, 5.74) is 5.60. The van der Waals surface area contributed by atoms with Gasteiger partial charge in [-0.05, 0) is 110 Å². The molecule has 1 spiro atoms. The second-order valence-electron chi connectivity index (χ2n) is 10.8. The number of ketones is 1. The first kappa shape index (κ1) is 20.4. The molecule has 2 saturated carbocycles. The van der Waals surface area contributed by atoms with Gasteiger partial charge in [0.05, 0.1) is 6.54 Å². The number of anilines is 1. The number of nitrogens with one attached hydrogen (secondary N) is 2. The Morgan fingerprint density at radius 3 is 2.56 bits per heavy atom. The van der Waals surface area contributed by atoms with Crippen molar-refractivity contribution in [3.63, 3.8) is 0 Å². The fraction of sp³-hybridized carbons (Fsp3) is 0.536. The molecule has 1 unspecified atom stereocenters. The van der Waals surface area contributed by atoms with Crippen LogP contribution in [0.1, 0.15) is 56.1 Å². The van der Waals surface area contributed by atoms with Gasteiger partial charge in [-0.3, -0.25) is 4.79 Å². The van der Waals surface area contributed by atoms with Gasteiger partial charge in [-0.15, -0.1) is 0 Å². The molecule has 3 nitrogen and oxygen atoms in total. The van der Waals surface area contributed by atoms with Crippen LogP contribution in [0.4, 0.5) is 10.1 Å². The highest BCUT2D eigenvalue weighted by Crippen LogP contribution is 2.47. The van der Waals surface area contributed by atoms with Crippen LogP contribution in [0.3, 0.4) is 0 Å². The minimum Gasteiger partial charge on any atom is -0.384 e. The summed E-state index contributed by atoms with van der Waals surface area (Å²) >= 11 is 0. The third kappa shape index (κ3) is 3.87. The minimum absolute atomic E-state index is 0.0726. The lowest BCUT2D eigenvalue weighted by Crippen LogP contribution is -2.56. The Morgan fingerprint density at radius 2 is 1.78 bits per heavy atom. The Hall–Kier alpha value is -2.20. The van der Waals surface area contributed by atoms with Crippen LogP contribution in [0.15, 0.2) is 36.4 Å². The summed E-state index contributed by atoms with van der Waals surface area (Å²) in [6.45, 7) is 1.54. The number of carbonyl (C=O) groups excluding carboxylic acids is 1. The summed E-state index contributed by atoms with van der Waals surface area (Å²) in [6.07, 6.45) is 9.86. The normalized spacial score (nSPS) is 29.7. The van der Waals surface area contributed by atoms with Crippen molar-refractivity contribution in [3.05, 3.63) is 53.3 Å². The highest BCUT2D eigenvalue weighted by atomic mass is 19.1. The maximum Gasteiger partial charge on any atom is 0.150 e. The smallest absolute Gasteiger partial charge is 0.150 e. The van der Waals surface area contributed by atoms with Crippen molar-refractivity contribution in [1.82, 2.24) is 5.32 Å². The number of hydrogen-bond acceptors (Lipinski definition) is 3. The van der Waals surface area contributed by atoms with Gasteiger partial charge in [0.25, 0.3) is 0 Å². The van der Waals surface area contributed by atoms with Crippen molar-refractivity contribution >= 4 is 11.5 Å². The van der Waals surface area contributed by atoms with E-state index in [0.717, 1.165) is 68.2 Å². The quantitative estimate of drug-likeness (QED) is 0.668. The molecule has 6 rings (SSSR count). The van der Waals surface area contributed by atoms with Gasteiger partial charge in [0.15, 0.2) is 0 Å². The lowest BCUT2D eigenvalue weighted by atomic mass is 9.68. The largest absolute Gasteiger partial charge is 0.384 e. The minimum atomic E-state index is -0.0726. The second kappa shape index (κ2) is 7.98. The van der Waals surface area contributed by atoms with E-state index in [0.29, 0.717) is 30.1 Å². The summed E-state index contributed by atoms with van der Waals surface area (Å²) in [7, 11) is 0. The number of hydrogen-bond donors (Lipinski definition) is 2. The molecule has 2 heterocycles. The van der Waals surface area contributed by atoms with Gasteiger partial charge < -0.3 is 10.6 Å². The molecule has 4 heteroatoms. The third-order valence-electron chi connectivity index (χ3n) is 8.63. The van der Waals surface area contributed by atoms with Crippen LogP contribution in [0.5, 0.6) is 0 Å². The number of halogens is 1. The molecular formula is C28H33FN2O. The summed E-state index contributed by atoms with van der Waals surface area (Å²) in [5.74, 6) is 1.85. The number of fused-ring (bicyclic) bond motifs is 1. The third-order valence-corrected chi connectivity index (χ3v) is 8.63. The fourth-order valence-corrected chi connectivity index (χ4v) is 6.44. The zero-order valence-electron chi connectivity index (χ0n) is 18.8. The standard InChI is InChI=1S/C28H33FN2O/c29-25-15-21(20-5-6-26-23(14-20)9-12-30-26)3-4-22(25)13-18-7-10-28(11-8-18)16-24(19-1-2-19)27(32)17-31-28/h3-6,14-15,18-19,24,30-31H,1-2,7-13,16-17H2. The van der Waals surface area contributed by atoms with Crippen LogP contribution < -0.4 is 10.6 Å². The van der Waals surface area contributed by atoms with Crippen molar-refractivity contribution in [1.29, 1.82) is 0 Å². The van der Waals surface area contributed by atoms with E-state index in [-0.39, 0.29) is 11.4 Å². The molecule has 2 N–H and O–H groups in total. The predicted molar refractivity (Wildman–Crippen MR) is 126 cm³/mol. The van der Waals surface area contributed by atoms with Crippen LogP contribution in [-0.4, -0.2) is 24.4 Å². The van der Waals surface area contributed by atoms with E-state index < -0.39 is 0 Å². The highest BCUT2D eigenvalue weighted by molar-refractivity contribution is 5.84. The average Bonchev–Trinajstić information content (AvgIpc) is 3.55. The zero-order chi connectivity index (χ0) is 21.7. The van der Waals surface area contributed by atoms with Gasteiger partial charge in [0, 0.05) is 23.7 Å². The number of piperidine rings is 1. The number of rotatable bonds is 4. The van der Waals surface area contributed by atoms with E-state index in [9.17, 15) is 4.79 Å². The first-order chi connectivity index (χ1) is 15.6. The summed E-state index contributed by atoms with van der Waals surface area (Å²) < 4.78 is 15.0. The monoisotopic (exact) mass is 432 g/mol. The molecule has 3 fully saturated rings. The lowest BCUT2D eigenvalue weighted by Gasteiger charge is -2.46. The van der Waals surface area contributed by atoms with Crippen LogP contribution in [0, 0.1) is 23.6 Å². The molecule has 4 aliphatic rings. The number of Topliss-reactive ketones (excluding diaryl/α,β-unsaturated/α-hetero) is 1. The second-order valence-corrected chi connectivity index (χ2v) is 10.8. The molecule has 2 aliphatic heterocycles. The van der Waals surface area contributed by atoms with Gasteiger partial charge >= 0.3 is 0 Å². The van der Waals surface area contributed by atoms with Crippen molar-refractivity contribution in [2.75, 3.05) is 18.4 Å². The SMILES string of the molecule is O=C1CNC2(CCC(Cc3ccc(-c4ccc5c(c4)CCN5)cc3F)CC2)CC1C1CC1. The van der Waals surface area contributed by atoms with E-state index >= 15 is 4.39 Å². The van der Waals surface area contributed by atoms with Gasteiger partial charge in [0.2, 0.25) is 0 Å². The molecule has 0 radical (unpaired) electrons. The molecular weight excluding hydrogens is 399 g/mol. The van der Waals surface area contributed by atoms with Crippen molar-refractivity contribution in [2.45, 2.75) is 63.3 Å². The Bertz CT molecular complexity index is 1040. The first-order valence-corrected chi connectivity index (χ1v) is 12.5. The molecule has 2 aromatic rings. The molecule has 0 bridgehead atoms. The zero-order valence-corrected chi connectivity index (χ0v) is 18.8. The van der Waals surface area contributed by atoms with Crippen LogP contribution in [0.2, 0.25) is 0 Å². The molecule has 2 aromatic carbocycles. The van der Waals surface area contributed by atoms with Gasteiger partial charge in [-0.2, -0.15) is 0 Å². The first-order valence-electron chi connectivity index (χ1n) is 12.5. The molecule has 1 saturated heterocycles. The molecule has 0 aromatic heterocycles. The van der Waals surface area contributed by atoms with Crippen LogP contribution >= 0.6 is 0 Å². The van der Waals surface area contributed by atoms with Crippen LogP contribution in [0.25, 0.3) is 11.1 Å². The molecule has 168 valence electrons. The summed E-state index contributed by atoms with van der Waals surface area (Å²) in [6, 6.07) is 12.2. The molecule has 1 atom stereocenters. The summed E-state index contributed by atoms with van der Waals surface area (Å²) in [5, 5.41) is 6.99. The van der Waals surface area contributed by atoms with Crippen molar-refractivity contribution in [2.24, 2.45) is 17.8 Å². The maximum atomic E-state index is 15.0. The van der Waals surface area contributed by atoms with E-state index in [1.807, 2.05) is 6.07 Å². The average molecular weight is 433 g/mol. The van der Waals surface area contributed by atoms with Crippen LogP contribution in [-0.2, 0) is 17.6 Å². The molecule has 0 amide bonds. The number of benzene rings is 2. The van der Waals surface area contributed by atoms with E-state index in [4.69, 9.17) is 0 Å². The van der Waals surface area contributed by atoms with E-state index in [2.05, 4.69) is 34.9 Å². The Morgan fingerprint density at radius 1 is 1.00 bits per heavy atom. The Kier molecular flexibility index (Phi) is 5.09. The highest BCUT2D eigenvalue weighted by Gasteiger charge is 2.47. The van der Waals surface area contributed by atoms with Gasteiger partial charge in [-0.1, -0.05) is 18.2 Å².